The van der Waals surface area contributed by atoms with Crippen LogP contribution in [0.3, 0.4) is 0 Å². The highest BCUT2D eigenvalue weighted by Crippen LogP contribution is 2.51. The molecule has 0 N–H and O–H groups in total. The minimum absolute atomic E-state index is 0.00542. The summed E-state index contributed by atoms with van der Waals surface area (Å²) < 4.78 is 0.748. The van der Waals surface area contributed by atoms with Crippen molar-refractivity contribution in [3.8, 4) is 0 Å². The molecule has 0 heterocycles. The van der Waals surface area contributed by atoms with E-state index in [1.165, 1.54) is 25.7 Å². The highest BCUT2D eigenvalue weighted by Gasteiger charge is 2.37. The second-order valence-corrected chi connectivity index (χ2v) is 8.21. The van der Waals surface area contributed by atoms with Gasteiger partial charge in [-0.3, -0.25) is 0 Å². The van der Waals surface area contributed by atoms with Crippen LogP contribution in [-0.4, -0.2) is 18.2 Å². The summed E-state index contributed by atoms with van der Waals surface area (Å²) in [6.45, 7) is 7.24. The van der Waals surface area contributed by atoms with E-state index in [9.17, 15) is 0 Å². The first-order chi connectivity index (χ1) is 5.60. The summed E-state index contributed by atoms with van der Waals surface area (Å²) in [4.78, 5) is 0. The molecule has 0 amide bonds. The fourth-order valence-corrected chi connectivity index (χ4v) is 7.27. The molecule has 1 fully saturated rings. The highest BCUT2D eigenvalue weighted by atomic mass is 79.9. The maximum absolute atomic E-state index is 3.84. The van der Waals surface area contributed by atoms with Gasteiger partial charge in [0.25, 0.3) is 0 Å². The molecule has 0 radical (unpaired) electrons. The summed E-state index contributed by atoms with van der Waals surface area (Å²) in [5, 5.41) is 0. The van der Waals surface area contributed by atoms with Crippen molar-refractivity contribution in [2.75, 3.05) is 0 Å². The zero-order chi connectivity index (χ0) is 9.19. The Labute approximate surface area is 92.5 Å². The Bertz CT molecular complexity index is 147. The topological polar surface area (TPSA) is 0 Å². The minimum Gasteiger partial charge on any atom is -0.306 e. The van der Waals surface area contributed by atoms with E-state index < -0.39 is 0 Å². The molecule has 68 valence electrons. The number of hydrogen-bond acceptors (Lipinski definition) is 0. The highest BCUT2D eigenvalue weighted by molar-refractivity contribution is 9.23. The van der Waals surface area contributed by atoms with Crippen LogP contribution in [0.4, 0.5) is 0 Å². The number of rotatable bonds is 2. The molecule has 2 heteroatoms. The van der Waals surface area contributed by atoms with Gasteiger partial charge in [-0.05, 0) is 5.92 Å². The van der Waals surface area contributed by atoms with Crippen molar-refractivity contribution in [2.45, 2.75) is 50.0 Å². The quantitative estimate of drug-likeness (QED) is 0.643. The Balaban J connectivity index is 2.64. The van der Waals surface area contributed by atoms with E-state index in [1.807, 2.05) is 0 Å². The smallest absolute Gasteiger partial charge is 0.306 e. The predicted octanol–water partition coefficient (Wildman–Crippen LogP) is 4.03. The monoisotopic (exact) mass is 242 g/mol. The van der Waals surface area contributed by atoms with E-state index >= 15 is 0 Å². The van der Waals surface area contributed by atoms with Crippen molar-refractivity contribution in [2.24, 2.45) is 11.8 Å². The van der Waals surface area contributed by atoms with E-state index in [-0.39, 0.29) is 18.2 Å². The second kappa shape index (κ2) is 4.65. The summed E-state index contributed by atoms with van der Waals surface area (Å²) in [5.74, 6) is 1.87. The van der Waals surface area contributed by atoms with Crippen molar-refractivity contribution in [1.29, 1.82) is 0 Å². The van der Waals surface area contributed by atoms with Gasteiger partial charge in [0.1, 0.15) is 0 Å². The lowest BCUT2D eigenvalue weighted by molar-refractivity contribution is 0.243. The molecule has 0 spiro atoms. The number of hydrogen-bond donors (Lipinski definition) is 0. The Morgan fingerprint density at radius 2 is 2.17 bits per heavy atom. The molecule has 1 saturated carbocycles. The fraction of sp³-hybridized carbons (Fsp3) is 1.00. The zero-order valence-electron chi connectivity index (χ0n) is 8.57. The van der Waals surface area contributed by atoms with Gasteiger partial charge in [-0.2, -0.15) is 0 Å². The third-order valence-electron chi connectivity index (χ3n) is 3.62. The molecule has 0 aromatic rings. The SMILES string of the molecule is CC1CCC[C]([Mg][Br])(C(C)C)C1. The van der Waals surface area contributed by atoms with Crippen LogP contribution < -0.4 is 0 Å². The third kappa shape index (κ3) is 2.39. The van der Waals surface area contributed by atoms with E-state index in [1.54, 1.807) is 0 Å². The Morgan fingerprint density at radius 3 is 2.50 bits per heavy atom. The normalized spacial score (nSPS) is 36.6. The van der Waals surface area contributed by atoms with Crippen LogP contribution in [0, 0.1) is 11.8 Å². The van der Waals surface area contributed by atoms with E-state index in [0.717, 1.165) is 15.4 Å². The molecule has 2 atom stereocenters. The Kier molecular flexibility index (Phi) is 4.39. The zero-order valence-corrected chi connectivity index (χ0v) is 11.6. The molecular formula is C10H19BrMg. The maximum atomic E-state index is 3.84. The van der Waals surface area contributed by atoms with Gasteiger partial charge in [0.2, 0.25) is 0 Å². The van der Waals surface area contributed by atoms with Crippen molar-refractivity contribution in [3.05, 3.63) is 0 Å². The largest absolute Gasteiger partial charge is 0.475 e. The van der Waals surface area contributed by atoms with Crippen molar-refractivity contribution in [1.82, 2.24) is 0 Å². The van der Waals surface area contributed by atoms with Crippen LogP contribution >= 0.6 is 12.9 Å². The van der Waals surface area contributed by atoms with Crippen molar-refractivity contribution >= 4 is 31.1 Å². The molecule has 1 rings (SSSR count). The molecule has 1 aliphatic carbocycles. The maximum Gasteiger partial charge on any atom is 0.475 e. The second-order valence-electron chi connectivity index (χ2n) is 4.85. The first-order valence-corrected chi connectivity index (χ1v) is 9.77. The molecule has 0 saturated heterocycles. The van der Waals surface area contributed by atoms with Crippen LogP contribution in [0.1, 0.15) is 46.5 Å². The van der Waals surface area contributed by atoms with Gasteiger partial charge in [-0.25, -0.2) is 0 Å². The summed E-state index contributed by atoms with van der Waals surface area (Å²) in [6, 6.07) is 0. The predicted molar refractivity (Wildman–Crippen MR) is 59.8 cm³/mol. The average Bonchev–Trinajstić information content (AvgIpc) is 2.04. The van der Waals surface area contributed by atoms with Gasteiger partial charge in [0.05, 0.1) is 0 Å². The molecule has 12 heavy (non-hydrogen) atoms. The Morgan fingerprint density at radius 1 is 1.50 bits per heavy atom. The van der Waals surface area contributed by atoms with E-state index in [0.29, 0.717) is 0 Å². The summed E-state index contributed by atoms with van der Waals surface area (Å²) in [6.07, 6.45) is 5.92. The van der Waals surface area contributed by atoms with Gasteiger partial charge in [-0.1, -0.05) is 52.4 Å². The standard InChI is InChI=1S/C10H19.BrH.Mg/c1-8(2)10-6-4-5-9(3)7-10;;/h8-9H,4-7H2,1-3H3;1H;/q;;+1/p-1. The summed E-state index contributed by atoms with van der Waals surface area (Å²) >= 11 is 3.83. The average molecular weight is 243 g/mol. The van der Waals surface area contributed by atoms with Crippen molar-refractivity contribution in [3.63, 3.8) is 0 Å². The molecule has 0 bridgehead atoms. The molecule has 0 aromatic carbocycles. The molecule has 2 unspecified atom stereocenters. The van der Waals surface area contributed by atoms with Gasteiger partial charge in [0.15, 0.2) is 0 Å². The minimum atomic E-state index is -0.00542. The lowest BCUT2D eigenvalue weighted by atomic mass is 9.75. The molecule has 0 nitrogen and oxygen atoms in total. The van der Waals surface area contributed by atoms with Gasteiger partial charge in [0, 0.05) is 0 Å². The number of halogens is 1. The first kappa shape index (κ1) is 11.3. The summed E-state index contributed by atoms with van der Waals surface area (Å²) in [5.41, 5.74) is 0. The van der Waals surface area contributed by atoms with E-state index in [4.69, 9.17) is 0 Å². The van der Waals surface area contributed by atoms with Gasteiger partial charge < -0.3 is 12.9 Å². The molecule has 0 aromatic heterocycles. The van der Waals surface area contributed by atoms with Crippen molar-refractivity contribution < 1.29 is 0 Å². The first-order valence-electron chi connectivity index (χ1n) is 5.17. The van der Waals surface area contributed by atoms with Crippen LogP contribution in [0.2, 0.25) is 3.54 Å². The van der Waals surface area contributed by atoms with Crippen LogP contribution in [0.15, 0.2) is 0 Å². The lowest BCUT2D eigenvalue weighted by Crippen LogP contribution is -2.29. The summed E-state index contributed by atoms with van der Waals surface area (Å²) in [7, 11) is 0. The fourth-order valence-electron chi connectivity index (χ4n) is 2.50. The Hall–Kier alpha value is 1.25. The van der Waals surface area contributed by atoms with Crippen LogP contribution in [0.5, 0.6) is 0 Å². The van der Waals surface area contributed by atoms with Crippen LogP contribution in [-0.2, 0) is 0 Å². The van der Waals surface area contributed by atoms with E-state index in [2.05, 4.69) is 33.7 Å². The van der Waals surface area contributed by atoms with Crippen LogP contribution in [0.25, 0.3) is 0 Å². The lowest BCUT2D eigenvalue weighted by Gasteiger charge is -2.43. The van der Waals surface area contributed by atoms with Gasteiger partial charge >= 0.3 is 18.2 Å². The van der Waals surface area contributed by atoms with Gasteiger partial charge in [-0.15, -0.1) is 3.54 Å². The third-order valence-corrected chi connectivity index (χ3v) is 8.96. The molecular weight excluding hydrogens is 224 g/mol. The molecule has 1 aliphatic rings. The molecule has 0 aliphatic heterocycles.